The number of nitrogen functional groups attached to an aromatic ring is 1. The topological polar surface area (TPSA) is 146 Å². The minimum atomic E-state index is -4.71. The predicted molar refractivity (Wildman–Crippen MR) is 75.5 cm³/mol. The van der Waals surface area contributed by atoms with Crippen LogP contribution in [0, 0.1) is 0 Å². The van der Waals surface area contributed by atoms with Gasteiger partial charge in [-0.05, 0) is 6.07 Å². The van der Waals surface area contributed by atoms with E-state index in [1.54, 1.807) is 0 Å². The van der Waals surface area contributed by atoms with E-state index in [0.29, 0.717) is 4.57 Å². The Morgan fingerprint density at radius 1 is 1.60 bits per heavy atom. The van der Waals surface area contributed by atoms with Gasteiger partial charge < -0.3 is 20.5 Å². The van der Waals surface area contributed by atoms with E-state index in [1.165, 1.54) is 0 Å². The summed E-state index contributed by atoms with van der Waals surface area (Å²) in [4.78, 5) is 24.2. The molecule has 0 aliphatic carbocycles. The number of alkyl halides is 3. The summed E-state index contributed by atoms with van der Waals surface area (Å²) in [7, 11) is -3.93. The first-order valence-corrected chi connectivity index (χ1v) is 8.19. The molecule has 0 bridgehead atoms. The van der Waals surface area contributed by atoms with Crippen LogP contribution in [-0.4, -0.2) is 57.6 Å². The highest BCUT2D eigenvalue weighted by atomic mass is 31.2. The van der Waals surface area contributed by atoms with Crippen molar-refractivity contribution in [1.29, 1.82) is 0 Å². The number of ether oxygens (including phenoxy) is 1. The number of phosphoric ester groups is 1. The van der Waals surface area contributed by atoms with Gasteiger partial charge in [-0.1, -0.05) is 0 Å². The van der Waals surface area contributed by atoms with Crippen molar-refractivity contribution in [2.24, 2.45) is 0 Å². The summed E-state index contributed by atoms with van der Waals surface area (Å²) < 4.78 is 66.4. The second-order valence-electron chi connectivity index (χ2n) is 5.12. The fraction of sp³-hybridized carbons (Fsp3) is 0.636. The number of aliphatic hydroxyl groups excluding tert-OH is 1. The molecule has 1 aliphatic rings. The molecule has 0 amide bonds. The summed E-state index contributed by atoms with van der Waals surface area (Å²) in [6.45, 7) is -1.37. The first-order chi connectivity index (χ1) is 11.5. The Hall–Kier alpha value is -1.50. The number of halogens is 3. The molecule has 14 heteroatoms. The van der Waals surface area contributed by atoms with Crippen LogP contribution in [0.15, 0.2) is 17.1 Å². The number of aromatic nitrogens is 2. The molecule has 1 unspecified atom stereocenters. The molecule has 10 nitrogen and oxygen atoms in total. The summed E-state index contributed by atoms with van der Waals surface area (Å²) in [6.07, 6.45) is -9.52. The number of anilines is 1. The fourth-order valence-corrected chi connectivity index (χ4v) is 2.68. The number of hydrogen-bond donors (Lipinski definition) is 3. The number of phosphoric acid groups is 1. The third kappa shape index (κ3) is 3.71. The number of rotatable bonds is 6. The molecule has 0 aromatic carbocycles. The minimum absolute atomic E-state index is 0.194. The second kappa shape index (κ2) is 7.02. The van der Waals surface area contributed by atoms with Crippen LogP contribution < -0.4 is 11.4 Å². The molecule has 1 aliphatic heterocycles. The largest absolute Gasteiger partial charge is 0.472 e. The Morgan fingerprint density at radius 3 is 2.76 bits per heavy atom. The van der Waals surface area contributed by atoms with Gasteiger partial charge in [0.2, 0.25) is 0 Å². The van der Waals surface area contributed by atoms with Gasteiger partial charge in [-0.2, -0.15) is 4.98 Å². The molecular formula is C11H15F3N3O7P. The van der Waals surface area contributed by atoms with E-state index in [0.717, 1.165) is 19.4 Å². The van der Waals surface area contributed by atoms with Gasteiger partial charge in [-0.15, -0.1) is 0 Å². The van der Waals surface area contributed by atoms with Gasteiger partial charge in [0.05, 0.1) is 6.61 Å². The van der Waals surface area contributed by atoms with Crippen molar-refractivity contribution in [2.75, 3.05) is 19.5 Å². The average molecular weight is 389 g/mol. The zero-order valence-corrected chi connectivity index (χ0v) is 13.6. The maximum atomic E-state index is 14.4. The minimum Gasteiger partial charge on any atom is -0.387 e. The molecule has 25 heavy (non-hydrogen) atoms. The van der Waals surface area contributed by atoms with E-state index >= 15 is 0 Å². The molecule has 0 saturated carbocycles. The highest BCUT2D eigenvalue weighted by Gasteiger charge is 2.62. The molecule has 1 aromatic heterocycles. The lowest BCUT2D eigenvalue weighted by atomic mass is 9.97. The van der Waals surface area contributed by atoms with E-state index in [2.05, 4.69) is 14.0 Å². The van der Waals surface area contributed by atoms with E-state index in [1.807, 2.05) is 0 Å². The van der Waals surface area contributed by atoms with Gasteiger partial charge in [0.1, 0.15) is 11.9 Å². The van der Waals surface area contributed by atoms with Crippen LogP contribution in [0.5, 0.6) is 0 Å². The van der Waals surface area contributed by atoms with E-state index in [-0.39, 0.29) is 5.82 Å². The highest BCUT2D eigenvalue weighted by molar-refractivity contribution is 7.47. The standard InChI is InChI=1S/C11H15F3N3O7P/c1-22-25(20,21)23-4-11(9(13)14)7(18)6(12)8(24-11)17-3-2-5(15)16-10(17)19/h2-3,6-9,18H,4H2,1H3,(H,20,21)(H2,15,16,19)/t6-,7+,8-,11-/m1/s1. The Balaban J connectivity index is 2.36. The van der Waals surface area contributed by atoms with Crippen LogP contribution in [0.2, 0.25) is 0 Å². The number of aliphatic hydroxyl groups is 1. The lowest BCUT2D eigenvalue weighted by molar-refractivity contribution is -0.194. The number of nitrogens with zero attached hydrogens (tertiary/aromatic N) is 2. The molecule has 5 atom stereocenters. The van der Waals surface area contributed by atoms with Crippen LogP contribution in [0.3, 0.4) is 0 Å². The Bertz CT molecular complexity index is 735. The van der Waals surface area contributed by atoms with Gasteiger partial charge in [-0.25, -0.2) is 22.5 Å². The number of hydrogen-bond acceptors (Lipinski definition) is 8. The Labute approximate surface area is 138 Å². The average Bonchev–Trinajstić information content (AvgIpc) is 2.79. The quantitative estimate of drug-likeness (QED) is 0.564. The summed E-state index contributed by atoms with van der Waals surface area (Å²) in [5.41, 5.74) is 1.17. The SMILES string of the molecule is COP(=O)(O)OC[C@@]1(C(F)F)O[C@@H](n2ccc(N)nc2=O)[C@H](F)[C@@H]1O. The zero-order valence-electron chi connectivity index (χ0n) is 12.7. The van der Waals surface area contributed by atoms with Crippen molar-refractivity contribution in [3.8, 4) is 0 Å². The molecular weight excluding hydrogens is 374 g/mol. The van der Waals surface area contributed by atoms with Crippen molar-refractivity contribution in [1.82, 2.24) is 9.55 Å². The second-order valence-corrected chi connectivity index (χ2v) is 6.68. The lowest BCUT2D eigenvalue weighted by Gasteiger charge is -2.30. The third-order valence-electron chi connectivity index (χ3n) is 3.59. The molecule has 0 spiro atoms. The van der Waals surface area contributed by atoms with E-state index in [9.17, 15) is 27.6 Å². The fourth-order valence-electron chi connectivity index (χ4n) is 2.21. The van der Waals surface area contributed by atoms with Gasteiger partial charge >= 0.3 is 13.5 Å². The summed E-state index contributed by atoms with van der Waals surface area (Å²) in [6, 6.07) is 1.09. The van der Waals surface area contributed by atoms with Gasteiger partial charge in [0.25, 0.3) is 6.43 Å². The number of nitrogens with two attached hydrogens (primary N) is 1. The van der Waals surface area contributed by atoms with Crippen LogP contribution in [0.4, 0.5) is 19.0 Å². The van der Waals surface area contributed by atoms with Gasteiger partial charge in [0, 0.05) is 13.3 Å². The molecule has 1 fully saturated rings. The van der Waals surface area contributed by atoms with Crippen LogP contribution in [-0.2, 0) is 18.3 Å². The molecule has 2 heterocycles. The zero-order chi connectivity index (χ0) is 19.0. The molecule has 1 aromatic rings. The molecule has 142 valence electrons. The lowest BCUT2D eigenvalue weighted by Crippen LogP contribution is -2.52. The van der Waals surface area contributed by atoms with Gasteiger partial charge in [0.15, 0.2) is 18.0 Å². The monoisotopic (exact) mass is 389 g/mol. The molecule has 1 saturated heterocycles. The van der Waals surface area contributed by atoms with Crippen LogP contribution >= 0.6 is 7.82 Å². The highest BCUT2D eigenvalue weighted by Crippen LogP contribution is 2.48. The first-order valence-electron chi connectivity index (χ1n) is 6.70. The van der Waals surface area contributed by atoms with Crippen LogP contribution in [0.25, 0.3) is 0 Å². The smallest absolute Gasteiger partial charge is 0.387 e. The maximum absolute atomic E-state index is 14.4. The van der Waals surface area contributed by atoms with E-state index in [4.69, 9.17) is 15.4 Å². The van der Waals surface area contributed by atoms with E-state index < -0.39 is 50.6 Å². The molecule has 4 N–H and O–H groups in total. The van der Waals surface area contributed by atoms with Crippen molar-refractivity contribution in [3.63, 3.8) is 0 Å². The van der Waals surface area contributed by atoms with Crippen molar-refractivity contribution in [3.05, 3.63) is 22.7 Å². The van der Waals surface area contributed by atoms with Gasteiger partial charge in [-0.3, -0.25) is 13.6 Å². The summed E-state index contributed by atoms with van der Waals surface area (Å²) in [5, 5.41) is 9.89. The summed E-state index contributed by atoms with van der Waals surface area (Å²) in [5.74, 6) is -0.194. The Morgan fingerprint density at radius 2 is 2.24 bits per heavy atom. The van der Waals surface area contributed by atoms with Crippen molar-refractivity contribution < 1.29 is 41.5 Å². The summed E-state index contributed by atoms with van der Waals surface area (Å²) >= 11 is 0. The maximum Gasteiger partial charge on any atom is 0.472 e. The Kier molecular flexibility index (Phi) is 5.56. The van der Waals surface area contributed by atoms with Crippen molar-refractivity contribution >= 4 is 13.6 Å². The predicted octanol–water partition coefficient (Wildman–Crippen LogP) is -0.179. The third-order valence-corrected chi connectivity index (χ3v) is 4.51. The first kappa shape index (κ1) is 19.8. The normalized spacial score (nSPS) is 32.0. The van der Waals surface area contributed by atoms with Crippen LogP contribution in [0.1, 0.15) is 6.23 Å². The van der Waals surface area contributed by atoms with Crippen molar-refractivity contribution in [2.45, 2.75) is 30.5 Å². The molecule has 0 radical (unpaired) electrons. The molecule has 2 rings (SSSR count).